The lowest BCUT2D eigenvalue weighted by Crippen LogP contribution is -2.47. The Morgan fingerprint density at radius 1 is 1.20 bits per heavy atom. The van der Waals surface area contributed by atoms with E-state index in [0.29, 0.717) is 29.3 Å². The third-order valence-corrected chi connectivity index (χ3v) is 4.60. The van der Waals surface area contributed by atoms with Crippen LogP contribution in [0.25, 0.3) is 0 Å². The highest BCUT2D eigenvalue weighted by atomic mass is 35.5. The molecule has 0 amide bonds. The molecule has 0 saturated heterocycles. The first-order chi connectivity index (χ1) is 9.20. The average molecular weight is 326 g/mol. The average Bonchev–Trinajstić information content (AvgIpc) is 2.33. The van der Waals surface area contributed by atoms with Crippen LogP contribution in [-0.4, -0.2) is 11.7 Å². The van der Waals surface area contributed by atoms with E-state index < -0.39 is 17.6 Å². The second-order valence-electron chi connectivity index (χ2n) is 5.59. The van der Waals surface area contributed by atoms with Crippen LogP contribution in [0.2, 0.25) is 10.0 Å². The molecule has 1 fully saturated rings. The van der Waals surface area contributed by atoms with Crippen LogP contribution in [0.5, 0.6) is 0 Å². The van der Waals surface area contributed by atoms with Crippen LogP contribution in [0.3, 0.4) is 0 Å². The van der Waals surface area contributed by atoms with Crippen LogP contribution in [0.4, 0.5) is 13.2 Å². The van der Waals surface area contributed by atoms with Crippen LogP contribution >= 0.6 is 23.2 Å². The van der Waals surface area contributed by atoms with Crippen molar-refractivity contribution in [3.8, 4) is 0 Å². The Bertz CT molecular complexity index is 480. The smallest absolute Gasteiger partial charge is 0.325 e. The summed E-state index contributed by atoms with van der Waals surface area (Å²) >= 11 is 12.0. The molecule has 0 spiro atoms. The van der Waals surface area contributed by atoms with E-state index in [1.54, 1.807) is 18.2 Å². The monoisotopic (exact) mass is 325 g/mol. The summed E-state index contributed by atoms with van der Waals surface area (Å²) in [5.74, 6) is -1.23. The molecule has 2 N–H and O–H groups in total. The van der Waals surface area contributed by atoms with Gasteiger partial charge in [0, 0.05) is 15.6 Å². The van der Waals surface area contributed by atoms with Gasteiger partial charge in [0.05, 0.1) is 5.92 Å². The largest absolute Gasteiger partial charge is 0.391 e. The molecule has 0 atom stereocenters. The van der Waals surface area contributed by atoms with Crippen LogP contribution in [0, 0.1) is 5.92 Å². The number of nitrogens with two attached hydrogens (primary N) is 1. The molecule has 0 bridgehead atoms. The van der Waals surface area contributed by atoms with E-state index in [0.717, 1.165) is 5.56 Å². The third-order valence-electron chi connectivity index (χ3n) is 3.99. The highest BCUT2D eigenvalue weighted by molar-refractivity contribution is 6.33. The van der Waals surface area contributed by atoms with Gasteiger partial charge < -0.3 is 5.73 Å². The van der Waals surface area contributed by atoms with Crippen molar-refractivity contribution in [2.75, 3.05) is 0 Å². The quantitative estimate of drug-likeness (QED) is 0.814. The molecule has 1 nitrogen and oxygen atoms in total. The van der Waals surface area contributed by atoms with E-state index in [1.165, 1.54) is 0 Å². The SMILES string of the molecule is NC1(Cc2cc(Cl)ccc2Cl)CCC(C(F)(F)F)CC1. The van der Waals surface area contributed by atoms with Gasteiger partial charge in [0.2, 0.25) is 0 Å². The minimum absolute atomic E-state index is 0.0815. The molecule has 0 aromatic heterocycles. The zero-order valence-electron chi connectivity index (χ0n) is 10.8. The van der Waals surface area contributed by atoms with E-state index in [9.17, 15) is 13.2 Å². The molecular formula is C14H16Cl2F3N. The summed E-state index contributed by atoms with van der Waals surface area (Å²) in [6.45, 7) is 0. The fraction of sp³-hybridized carbons (Fsp3) is 0.571. The number of hydrogen-bond donors (Lipinski definition) is 1. The second kappa shape index (κ2) is 5.74. The predicted molar refractivity (Wildman–Crippen MR) is 75.1 cm³/mol. The summed E-state index contributed by atoms with van der Waals surface area (Å²) < 4.78 is 38.0. The van der Waals surface area contributed by atoms with Crippen molar-refractivity contribution < 1.29 is 13.2 Å². The van der Waals surface area contributed by atoms with Crippen LogP contribution in [-0.2, 0) is 6.42 Å². The van der Waals surface area contributed by atoms with Crippen molar-refractivity contribution in [3.05, 3.63) is 33.8 Å². The van der Waals surface area contributed by atoms with Crippen molar-refractivity contribution >= 4 is 23.2 Å². The van der Waals surface area contributed by atoms with E-state index >= 15 is 0 Å². The summed E-state index contributed by atoms with van der Waals surface area (Å²) in [6, 6.07) is 5.09. The standard InChI is InChI=1S/C14H16Cl2F3N/c15-11-1-2-12(16)9(7-11)8-13(20)5-3-10(4-6-13)14(17,18)19/h1-2,7,10H,3-6,8,20H2. The molecule has 1 saturated carbocycles. The topological polar surface area (TPSA) is 26.0 Å². The van der Waals surface area contributed by atoms with E-state index in [-0.39, 0.29) is 12.8 Å². The maximum atomic E-state index is 12.7. The molecule has 0 radical (unpaired) electrons. The Labute approximate surface area is 126 Å². The fourth-order valence-corrected chi connectivity index (χ4v) is 3.13. The highest BCUT2D eigenvalue weighted by Gasteiger charge is 2.44. The van der Waals surface area contributed by atoms with E-state index in [1.807, 2.05) is 0 Å². The first-order valence-electron chi connectivity index (χ1n) is 6.49. The lowest BCUT2D eigenvalue weighted by Gasteiger charge is -2.38. The van der Waals surface area contributed by atoms with Gasteiger partial charge in [-0.15, -0.1) is 0 Å². The number of halogens is 5. The van der Waals surface area contributed by atoms with Gasteiger partial charge in [-0.25, -0.2) is 0 Å². The van der Waals surface area contributed by atoms with Crippen molar-refractivity contribution in [3.63, 3.8) is 0 Å². The Kier molecular flexibility index (Phi) is 4.57. The first kappa shape index (κ1) is 15.9. The molecule has 0 unspecified atom stereocenters. The van der Waals surface area contributed by atoms with Crippen molar-refractivity contribution in [2.45, 2.75) is 43.8 Å². The summed E-state index contributed by atoms with van der Waals surface area (Å²) in [5, 5.41) is 1.11. The Balaban J connectivity index is 2.05. The molecule has 112 valence electrons. The first-order valence-corrected chi connectivity index (χ1v) is 7.25. The normalized spacial score (nSPS) is 27.6. The molecule has 2 rings (SSSR count). The maximum Gasteiger partial charge on any atom is 0.391 e. The molecular weight excluding hydrogens is 310 g/mol. The number of benzene rings is 1. The zero-order chi connectivity index (χ0) is 15.0. The van der Waals surface area contributed by atoms with Gasteiger partial charge in [-0.1, -0.05) is 23.2 Å². The van der Waals surface area contributed by atoms with Gasteiger partial charge in [-0.2, -0.15) is 13.2 Å². The summed E-state index contributed by atoms with van der Waals surface area (Å²) in [7, 11) is 0. The molecule has 1 aromatic carbocycles. The third kappa shape index (κ3) is 3.80. The summed E-state index contributed by atoms with van der Waals surface area (Å²) in [5.41, 5.74) is 6.42. The molecule has 1 aromatic rings. The van der Waals surface area contributed by atoms with Gasteiger partial charge in [-0.3, -0.25) is 0 Å². The van der Waals surface area contributed by atoms with Gasteiger partial charge in [0.1, 0.15) is 0 Å². The molecule has 0 heterocycles. The Morgan fingerprint density at radius 2 is 1.80 bits per heavy atom. The molecule has 1 aliphatic rings. The Morgan fingerprint density at radius 3 is 2.35 bits per heavy atom. The lowest BCUT2D eigenvalue weighted by atomic mass is 9.74. The summed E-state index contributed by atoms with van der Waals surface area (Å²) in [6.07, 6.45) is -2.80. The molecule has 0 aliphatic heterocycles. The van der Waals surface area contributed by atoms with Gasteiger partial charge in [-0.05, 0) is 55.9 Å². The van der Waals surface area contributed by atoms with Crippen LogP contribution in [0.1, 0.15) is 31.2 Å². The molecule has 6 heteroatoms. The zero-order valence-corrected chi connectivity index (χ0v) is 12.3. The van der Waals surface area contributed by atoms with Gasteiger partial charge in [0.25, 0.3) is 0 Å². The maximum absolute atomic E-state index is 12.7. The van der Waals surface area contributed by atoms with Crippen molar-refractivity contribution in [1.29, 1.82) is 0 Å². The van der Waals surface area contributed by atoms with Crippen LogP contribution in [0.15, 0.2) is 18.2 Å². The number of rotatable bonds is 2. The number of hydrogen-bond acceptors (Lipinski definition) is 1. The summed E-state index contributed by atoms with van der Waals surface area (Å²) in [4.78, 5) is 0. The van der Waals surface area contributed by atoms with Crippen LogP contribution < -0.4 is 5.73 Å². The minimum Gasteiger partial charge on any atom is -0.325 e. The number of alkyl halides is 3. The molecule has 20 heavy (non-hydrogen) atoms. The van der Waals surface area contributed by atoms with E-state index in [2.05, 4.69) is 0 Å². The fourth-order valence-electron chi connectivity index (χ4n) is 2.75. The van der Waals surface area contributed by atoms with E-state index in [4.69, 9.17) is 28.9 Å². The van der Waals surface area contributed by atoms with Gasteiger partial charge in [0.15, 0.2) is 0 Å². The second-order valence-corrected chi connectivity index (χ2v) is 6.43. The highest BCUT2D eigenvalue weighted by Crippen LogP contribution is 2.41. The van der Waals surface area contributed by atoms with Crippen molar-refractivity contribution in [2.24, 2.45) is 11.7 Å². The minimum atomic E-state index is -4.12. The molecule has 1 aliphatic carbocycles. The van der Waals surface area contributed by atoms with Crippen molar-refractivity contribution in [1.82, 2.24) is 0 Å². The predicted octanol–water partition coefficient (Wildman–Crippen LogP) is 4.99. The van der Waals surface area contributed by atoms with Gasteiger partial charge >= 0.3 is 6.18 Å². The lowest BCUT2D eigenvalue weighted by molar-refractivity contribution is -0.184. The Hall–Kier alpha value is -0.450.